The Morgan fingerprint density at radius 1 is 1.25 bits per heavy atom. The van der Waals surface area contributed by atoms with E-state index in [0.29, 0.717) is 32.4 Å². The maximum atomic E-state index is 13.7. The van der Waals surface area contributed by atoms with Gasteiger partial charge in [0.2, 0.25) is 0 Å². The normalized spacial score (nSPS) is 16.8. The molecule has 3 rings (SSSR count). The van der Waals surface area contributed by atoms with Gasteiger partial charge >= 0.3 is 0 Å². The van der Waals surface area contributed by atoms with E-state index in [1.165, 1.54) is 0 Å². The molecule has 1 aliphatic rings. The monoisotopic (exact) mass is 336 g/mol. The van der Waals surface area contributed by atoms with Gasteiger partial charge in [-0.1, -0.05) is 0 Å². The number of carbonyl (C=O) groups is 1. The van der Waals surface area contributed by atoms with E-state index in [9.17, 15) is 13.6 Å². The highest BCUT2D eigenvalue weighted by Gasteiger charge is 2.25. The first kappa shape index (κ1) is 16.6. The highest BCUT2D eigenvalue weighted by atomic mass is 19.1. The van der Waals surface area contributed by atoms with E-state index in [2.05, 4.69) is 10.2 Å². The largest absolute Gasteiger partial charge is 0.468 e. The zero-order chi connectivity index (χ0) is 16.9. The average Bonchev–Trinajstić information content (AvgIpc) is 3.10. The number of nitrogens with zero attached hydrogens (tertiary/aromatic N) is 1. The third-order valence-electron chi connectivity index (χ3n) is 3.99. The molecular formula is C17H18F2N2O3. The van der Waals surface area contributed by atoms with Crippen LogP contribution in [0.2, 0.25) is 0 Å². The smallest absolute Gasteiger partial charge is 0.254 e. The molecule has 0 bridgehead atoms. The van der Waals surface area contributed by atoms with Crippen molar-refractivity contribution in [1.29, 1.82) is 0 Å². The van der Waals surface area contributed by atoms with Crippen molar-refractivity contribution < 1.29 is 22.7 Å². The number of morpholine rings is 1. The summed E-state index contributed by atoms with van der Waals surface area (Å²) in [6.45, 7) is 2.90. The summed E-state index contributed by atoms with van der Waals surface area (Å²) in [4.78, 5) is 14.3. The van der Waals surface area contributed by atoms with Crippen LogP contribution in [0.1, 0.15) is 22.2 Å². The summed E-state index contributed by atoms with van der Waals surface area (Å²) in [7, 11) is 0. The molecule has 5 nitrogen and oxygen atoms in total. The van der Waals surface area contributed by atoms with Gasteiger partial charge < -0.3 is 14.5 Å². The third-order valence-corrected chi connectivity index (χ3v) is 3.99. The van der Waals surface area contributed by atoms with E-state index in [-0.39, 0.29) is 18.2 Å². The Bertz CT molecular complexity index is 685. The van der Waals surface area contributed by atoms with Crippen molar-refractivity contribution in [1.82, 2.24) is 10.2 Å². The molecule has 128 valence electrons. The summed E-state index contributed by atoms with van der Waals surface area (Å²) in [5, 5.41) is 2.70. The molecule has 1 saturated heterocycles. The summed E-state index contributed by atoms with van der Waals surface area (Å²) in [5.74, 6) is -1.46. The SMILES string of the molecule is O=C(NCC(c1ccco1)N1CCOCC1)c1ccc(F)cc1F. The molecule has 0 radical (unpaired) electrons. The fourth-order valence-corrected chi connectivity index (χ4v) is 2.74. The van der Waals surface area contributed by atoms with Gasteiger partial charge in [0.05, 0.1) is 31.1 Å². The molecule has 2 heterocycles. The molecule has 7 heteroatoms. The lowest BCUT2D eigenvalue weighted by atomic mass is 10.1. The maximum Gasteiger partial charge on any atom is 0.254 e. The van der Waals surface area contributed by atoms with Crippen LogP contribution in [0.4, 0.5) is 8.78 Å². The maximum absolute atomic E-state index is 13.7. The van der Waals surface area contributed by atoms with Crippen molar-refractivity contribution in [3.63, 3.8) is 0 Å². The lowest BCUT2D eigenvalue weighted by Gasteiger charge is -2.33. The Kier molecular flexibility index (Phi) is 5.22. The molecule has 0 aliphatic carbocycles. The highest BCUT2D eigenvalue weighted by Crippen LogP contribution is 2.22. The molecule has 1 aliphatic heterocycles. The van der Waals surface area contributed by atoms with Crippen LogP contribution in [-0.2, 0) is 4.74 Å². The van der Waals surface area contributed by atoms with Crippen LogP contribution in [0.3, 0.4) is 0 Å². The van der Waals surface area contributed by atoms with Crippen molar-refractivity contribution in [3.05, 3.63) is 59.6 Å². The minimum absolute atomic E-state index is 0.170. The number of benzene rings is 1. The Morgan fingerprint density at radius 3 is 2.71 bits per heavy atom. The van der Waals surface area contributed by atoms with Crippen LogP contribution >= 0.6 is 0 Å². The topological polar surface area (TPSA) is 54.7 Å². The second-order valence-corrected chi connectivity index (χ2v) is 5.51. The Labute approximate surface area is 138 Å². The van der Waals surface area contributed by atoms with E-state index < -0.39 is 17.5 Å². The molecule has 1 atom stereocenters. The van der Waals surface area contributed by atoms with Gasteiger partial charge in [0.25, 0.3) is 5.91 Å². The number of rotatable bonds is 5. The molecule has 0 spiro atoms. The lowest BCUT2D eigenvalue weighted by molar-refractivity contribution is 0.0118. The van der Waals surface area contributed by atoms with E-state index in [4.69, 9.17) is 9.15 Å². The fourth-order valence-electron chi connectivity index (χ4n) is 2.74. The molecule has 1 aromatic heterocycles. The molecule has 1 fully saturated rings. The first-order chi connectivity index (χ1) is 11.6. The van der Waals surface area contributed by atoms with Gasteiger partial charge in [-0.25, -0.2) is 8.78 Å². The number of nitrogens with one attached hydrogen (secondary N) is 1. The molecule has 24 heavy (non-hydrogen) atoms. The minimum Gasteiger partial charge on any atom is -0.468 e. The van der Waals surface area contributed by atoms with Crippen LogP contribution < -0.4 is 5.32 Å². The number of furan rings is 1. The number of carbonyl (C=O) groups excluding carboxylic acids is 1. The Balaban J connectivity index is 1.70. The quantitative estimate of drug-likeness (QED) is 0.911. The highest BCUT2D eigenvalue weighted by molar-refractivity contribution is 5.94. The molecule has 1 unspecified atom stereocenters. The van der Waals surface area contributed by atoms with Gasteiger partial charge in [-0.2, -0.15) is 0 Å². The molecular weight excluding hydrogens is 318 g/mol. The van der Waals surface area contributed by atoms with Gasteiger partial charge in [-0.3, -0.25) is 9.69 Å². The zero-order valence-electron chi connectivity index (χ0n) is 13.0. The van der Waals surface area contributed by atoms with Crippen LogP contribution in [0, 0.1) is 11.6 Å². The second kappa shape index (κ2) is 7.55. The van der Waals surface area contributed by atoms with Crippen molar-refractivity contribution in [2.45, 2.75) is 6.04 Å². The van der Waals surface area contributed by atoms with E-state index in [1.54, 1.807) is 12.3 Å². The summed E-state index contributed by atoms with van der Waals surface area (Å²) in [6, 6.07) is 6.34. The van der Waals surface area contributed by atoms with Crippen molar-refractivity contribution in [2.24, 2.45) is 0 Å². The first-order valence-corrected chi connectivity index (χ1v) is 7.73. The number of amides is 1. The van der Waals surface area contributed by atoms with Gasteiger partial charge in [0.1, 0.15) is 17.4 Å². The lowest BCUT2D eigenvalue weighted by Crippen LogP contribution is -2.43. The van der Waals surface area contributed by atoms with Crippen LogP contribution in [0.25, 0.3) is 0 Å². The number of ether oxygens (including phenoxy) is 1. The molecule has 1 N–H and O–H groups in total. The predicted molar refractivity (Wildman–Crippen MR) is 82.5 cm³/mol. The van der Waals surface area contributed by atoms with Crippen LogP contribution in [0.5, 0.6) is 0 Å². The third kappa shape index (κ3) is 3.80. The van der Waals surface area contributed by atoms with Crippen molar-refractivity contribution in [3.8, 4) is 0 Å². The Morgan fingerprint density at radius 2 is 2.04 bits per heavy atom. The standard InChI is InChI=1S/C17H18F2N2O3/c18-12-3-4-13(14(19)10-12)17(22)20-11-15(16-2-1-7-24-16)21-5-8-23-9-6-21/h1-4,7,10,15H,5-6,8-9,11H2,(H,20,22). The average molecular weight is 336 g/mol. The minimum atomic E-state index is -0.881. The van der Waals surface area contributed by atoms with Gasteiger partial charge in [0, 0.05) is 25.7 Å². The molecule has 0 saturated carbocycles. The first-order valence-electron chi connectivity index (χ1n) is 7.73. The fraction of sp³-hybridized carbons (Fsp3) is 0.353. The summed E-state index contributed by atoms with van der Waals surface area (Å²) < 4.78 is 37.5. The molecule has 1 amide bonds. The predicted octanol–water partition coefficient (Wildman–Crippen LogP) is 2.36. The molecule has 2 aromatic rings. The van der Waals surface area contributed by atoms with Crippen LogP contribution in [-0.4, -0.2) is 43.7 Å². The van der Waals surface area contributed by atoms with Crippen LogP contribution in [0.15, 0.2) is 41.0 Å². The second-order valence-electron chi connectivity index (χ2n) is 5.51. The number of halogens is 2. The zero-order valence-corrected chi connectivity index (χ0v) is 13.0. The van der Waals surface area contributed by atoms with Crippen molar-refractivity contribution >= 4 is 5.91 Å². The number of hydrogen-bond donors (Lipinski definition) is 1. The van der Waals surface area contributed by atoms with Gasteiger partial charge in [-0.05, 0) is 24.3 Å². The van der Waals surface area contributed by atoms with E-state index in [1.807, 2.05) is 6.07 Å². The van der Waals surface area contributed by atoms with Gasteiger partial charge in [-0.15, -0.1) is 0 Å². The van der Waals surface area contributed by atoms with Crippen molar-refractivity contribution in [2.75, 3.05) is 32.8 Å². The van der Waals surface area contributed by atoms with E-state index >= 15 is 0 Å². The summed E-state index contributed by atoms with van der Waals surface area (Å²) in [5.41, 5.74) is -0.184. The summed E-state index contributed by atoms with van der Waals surface area (Å²) in [6.07, 6.45) is 1.57. The summed E-state index contributed by atoms with van der Waals surface area (Å²) >= 11 is 0. The Hall–Kier alpha value is -2.25. The number of hydrogen-bond acceptors (Lipinski definition) is 4. The molecule has 1 aromatic carbocycles. The van der Waals surface area contributed by atoms with Gasteiger partial charge in [0.15, 0.2) is 0 Å². The van der Waals surface area contributed by atoms with E-state index in [0.717, 1.165) is 17.9 Å².